The third kappa shape index (κ3) is 5.07. The van der Waals surface area contributed by atoms with E-state index in [2.05, 4.69) is 6.92 Å². The number of carboxylic acid groups (broad SMARTS) is 1. The zero-order chi connectivity index (χ0) is 13.4. The quantitative estimate of drug-likeness (QED) is 0.678. The Morgan fingerprint density at radius 3 is 2.39 bits per heavy atom. The van der Waals surface area contributed by atoms with E-state index < -0.39 is 5.97 Å². The predicted molar refractivity (Wildman–Crippen MR) is 70.4 cm³/mol. The third-order valence-electron chi connectivity index (χ3n) is 3.64. The van der Waals surface area contributed by atoms with Crippen LogP contribution in [0.3, 0.4) is 0 Å². The third-order valence-corrected chi connectivity index (χ3v) is 3.64. The molecule has 0 bridgehead atoms. The van der Waals surface area contributed by atoms with Crippen LogP contribution in [-0.2, 0) is 9.59 Å². The topological polar surface area (TPSA) is 57.6 Å². The molecule has 1 fully saturated rings. The number of unbranched alkanes of at least 4 members (excludes halogenated alkanes) is 3. The highest BCUT2D eigenvalue weighted by Crippen LogP contribution is 2.24. The van der Waals surface area contributed by atoms with E-state index in [0.29, 0.717) is 6.42 Å². The van der Waals surface area contributed by atoms with Crippen LogP contribution in [0, 0.1) is 0 Å². The largest absolute Gasteiger partial charge is 0.480 e. The van der Waals surface area contributed by atoms with Crippen LogP contribution >= 0.6 is 0 Å². The summed E-state index contributed by atoms with van der Waals surface area (Å²) in [4.78, 5) is 24.5. The minimum absolute atomic E-state index is 0.0282. The standard InChI is InChI=1S/C14H25NO3/c1-2-3-4-5-10-13(16)15(11-14(17)18)12-8-6-7-9-12/h12H,2-11H2,1H3,(H,17,18). The molecule has 0 aromatic carbocycles. The second kappa shape index (κ2) is 8.11. The monoisotopic (exact) mass is 255 g/mol. The molecular formula is C14H25NO3. The van der Waals surface area contributed by atoms with Gasteiger partial charge in [0.25, 0.3) is 0 Å². The Morgan fingerprint density at radius 1 is 1.17 bits per heavy atom. The first-order valence-corrected chi connectivity index (χ1v) is 7.16. The number of amides is 1. The predicted octanol–water partition coefficient (Wildman–Crippen LogP) is 2.81. The summed E-state index contributed by atoms with van der Waals surface area (Å²) >= 11 is 0. The lowest BCUT2D eigenvalue weighted by molar-refractivity contribution is -0.146. The summed E-state index contributed by atoms with van der Waals surface area (Å²) in [5, 5.41) is 8.91. The van der Waals surface area contributed by atoms with Crippen molar-refractivity contribution >= 4 is 11.9 Å². The summed E-state index contributed by atoms with van der Waals surface area (Å²) in [7, 11) is 0. The van der Waals surface area contributed by atoms with Crippen LogP contribution in [0.1, 0.15) is 64.7 Å². The first-order valence-electron chi connectivity index (χ1n) is 7.16. The van der Waals surface area contributed by atoms with Crippen molar-refractivity contribution in [3.05, 3.63) is 0 Å². The first kappa shape index (κ1) is 15.0. The second-order valence-electron chi connectivity index (χ2n) is 5.16. The minimum atomic E-state index is -0.899. The van der Waals surface area contributed by atoms with Gasteiger partial charge in [-0.05, 0) is 19.3 Å². The summed E-state index contributed by atoms with van der Waals surface area (Å²) in [6.07, 6.45) is 8.91. The van der Waals surface area contributed by atoms with Crippen LogP contribution in [0.25, 0.3) is 0 Å². The minimum Gasteiger partial charge on any atom is -0.480 e. The Kier molecular flexibility index (Phi) is 6.76. The molecule has 1 amide bonds. The molecule has 104 valence electrons. The summed E-state index contributed by atoms with van der Waals surface area (Å²) < 4.78 is 0. The van der Waals surface area contributed by atoms with E-state index in [9.17, 15) is 9.59 Å². The number of nitrogens with zero attached hydrogens (tertiary/aromatic N) is 1. The van der Waals surface area contributed by atoms with Gasteiger partial charge in [0.15, 0.2) is 0 Å². The highest BCUT2D eigenvalue weighted by molar-refractivity contribution is 5.81. The van der Waals surface area contributed by atoms with E-state index in [1.165, 1.54) is 0 Å². The fourth-order valence-corrected chi connectivity index (χ4v) is 2.63. The van der Waals surface area contributed by atoms with E-state index in [1.54, 1.807) is 4.90 Å². The van der Waals surface area contributed by atoms with Gasteiger partial charge in [0.2, 0.25) is 5.91 Å². The smallest absolute Gasteiger partial charge is 0.323 e. The SMILES string of the molecule is CCCCCCC(=O)N(CC(=O)O)C1CCCC1. The summed E-state index contributed by atoms with van der Waals surface area (Å²) in [5.74, 6) is -0.871. The molecule has 1 aliphatic rings. The molecule has 4 nitrogen and oxygen atoms in total. The molecule has 1 N–H and O–H groups in total. The Hall–Kier alpha value is -1.06. The normalized spacial score (nSPS) is 15.8. The number of rotatable bonds is 8. The maximum Gasteiger partial charge on any atom is 0.323 e. The lowest BCUT2D eigenvalue weighted by Gasteiger charge is -2.27. The molecule has 0 radical (unpaired) electrons. The van der Waals surface area contributed by atoms with Gasteiger partial charge in [0.1, 0.15) is 6.54 Å². The zero-order valence-electron chi connectivity index (χ0n) is 11.4. The van der Waals surface area contributed by atoms with Gasteiger partial charge in [0.05, 0.1) is 0 Å². The van der Waals surface area contributed by atoms with Crippen molar-refractivity contribution in [3.63, 3.8) is 0 Å². The maximum atomic E-state index is 12.1. The Labute approximate surface area is 109 Å². The first-order chi connectivity index (χ1) is 8.65. The summed E-state index contributed by atoms with van der Waals surface area (Å²) in [5.41, 5.74) is 0. The molecule has 1 saturated carbocycles. The molecule has 0 aromatic rings. The number of hydrogen-bond donors (Lipinski definition) is 1. The number of hydrogen-bond acceptors (Lipinski definition) is 2. The van der Waals surface area contributed by atoms with Crippen LogP contribution in [0.15, 0.2) is 0 Å². The number of carbonyl (C=O) groups is 2. The summed E-state index contributed by atoms with van der Waals surface area (Å²) in [6.45, 7) is 2.01. The molecule has 0 aromatic heterocycles. The molecule has 0 saturated heterocycles. The van der Waals surface area contributed by atoms with E-state index in [1.807, 2.05) is 0 Å². The van der Waals surface area contributed by atoms with Gasteiger partial charge in [-0.3, -0.25) is 9.59 Å². The molecule has 18 heavy (non-hydrogen) atoms. The van der Waals surface area contributed by atoms with Gasteiger partial charge < -0.3 is 10.0 Å². The lowest BCUT2D eigenvalue weighted by atomic mass is 10.1. The van der Waals surface area contributed by atoms with Gasteiger partial charge in [-0.2, -0.15) is 0 Å². The molecule has 1 aliphatic carbocycles. The van der Waals surface area contributed by atoms with Crippen molar-refractivity contribution in [2.24, 2.45) is 0 Å². The van der Waals surface area contributed by atoms with Gasteiger partial charge in [0, 0.05) is 12.5 Å². The fourth-order valence-electron chi connectivity index (χ4n) is 2.63. The zero-order valence-corrected chi connectivity index (χ0v) is 11.4. The van der Waals surface area contributed by atoms with E-state index in [4.69, 9.17) is 5.11 Å². The molecular weight excluding hydrogens is 230 g/mol. The number of aliphatic carboxylic acids is 1. The van der Waals surface area contributed by atoms with E-state index in [-0.39, 0.29) is 18.5 Å². The summed E-state index contributed by atoms with van der Waals surface area (Å²) in [6, 6.07) is 0.166. The van der Waals surface area contributed by atoms with Crippen LogP contribution in [-0.4, -0.2) is 34.5 Å². The van der Waals surface area contributed by atoms with Crippen molar-refractivity contribution < 1.29 is 14.7 Å². The van der Waals surface area contributed by atoms with Crippen molar-refractivity contribution in [1.29, 1.82) is 0 Å². The molecule has 0 atom stereocenters. The highest BCUT2D eigenvalue weighted by Gasteiger charge is 2.27. The molecule has 0 spiro atoms. The molecule has 0 unspecified atom stereocenters. The lowest BCUT2D eigenvalue weighted by Crippen LogP contribution is -2.42. The molecule has 0 heterocycles. The van der Waals surface area contributed by atoms with Gasteiger partial charge in [-0.25, -0.2) is 0 Å². The molecule has 4 heteroatoms. The van der Waals surface area contributed by atoms with Crippen molar-refractivity contribution in [2.45, 2.75) is 70.8 Å². The Balaban J connectivity index is 2.42. The van der Waals surface area contributed by atoms with Crippen LogP contribution < -0.4 is 0 Å². The van der Waals surface area contributed by atoms with E-state index >= 15 is 0 Å². The van der Waals surface area contributed by atoms with Gasteiger partial charge >= 0.3 is 5.97 Å². The average molecular weight is 255 g/mol. The fraction of sp³-hybridized carbons (Fsp3) is 0.857. The van der Waals surface area contributed by atoms with Crippen molar-refractivity contribution in [2.75, 3.05) is 6.54 Å². The van der Waals surface area contributed by atoms with Crippen molar-refractivity contribution in [3.8, 4) is 0 Å². The van der Waals surface area contributed by atoms with Crippen LogP contribution in [0.2, 0.25) is 0 Å². The second-order valence-corrected chi connectivity index (χ2v) is 5.16. The van der Waals surface area contributed by atoms with Gasteiger partial charge in [-0.15, -0.1) is 0 Å². The Morgan fingerprint density at radius 2 is 1.83 bits per heavy atom. The average Bonchev–Trinajstić information content (AvgIpc) is 2.84. The maximum absolute atomic E-state index is 12.1. The van der Waals surface area contributed by atoms with Crippen molar-refractivity contribution in [1.82, 2.24) is 4.90 Å². The molecule has 0 aliphatic heterocycles. The number of carboxylic acids is 1. The molecule has 1 rings (SSSR count). The van der Waals surface area contributed by atoms with Gasteiger partial charge in [-0.1, -0.05) is 39.0 Å². The van der Waals surface area contributed by atoms with E-state index in [0.717, 1.165) is 51.4 Å². The Bertz CT molecular complexity index is 272. The number of carbonyl (C=O) groups excluding carboxylic acids is 1. The van der Waals surface area contributed by atoms with Crippen LogP contribution in [0.5, 0.6) is 0 Å². The van der Waals surface area contributed by atoms with Crippen LogP contribution in [0.4, 0.5) is 0 Å². The highest BCUT2D eigenvalue weighted by atomic mass is 16.4.